The Morgan fingerprint density at radius 2 is 1.79 bits per heavy atom. The average molecular weight is 280 g/mol. The summed E-state index contributed by atoms with van der Waals surface area (Å²) in [7, 11) is 0. The zero-order valence-corrected chi connectivity index (χ0v) is 13.0. The summed E-state index contributed by atoms with van der Waals surface area (Å²) >= 11 is 5.97. The molecule has 0 saturated heterocycles. The molecule has 1 saturated carbocycles. The molecule has 0 radical (unpaired) electrons. The van der Waals surface area contributed by atoms with Crippen molar-refractivity contribution < 1.29 is 0 Å². The Hall–Kier alpha value is -0.530. The molecule has 0 atom stereocenters. The molecular formula is C17H26ClN. The maximum Gasteiger partial charge on any atom is 0.0351 e. The molecule has 1 fully saturated rings. The number of hydrogen-bond acceptors (Lipinski definition) is 1. The normalized spacial score (nSPS) is 16.7. The van der Waals surface area contributed by atoms with Gasteiger partial charge in [0, 0.05) is 25.0 Å². The van der Waals surface area contributed by atoms with Crippen molar-refractivity contribution in [3.63, 3.8) is 0 Å². The number of nitrogens with zero attached hydrogens (tertiary/aromatic N) is 1. The van der Waals surface area contributed by atoms with E-state index in [1.807, 2.05) is 0 Å². The summed E-state index contributed by atoms with van der Waals surface area (Å²) in [6.45, 7) is 6.55. The number of hydrogen-bond donors (Lipinski definition) is 0. The van der Waals surface area contributed by atoms with E-state index in [0.29, 0.717) is 5.92 Å². The van der Waals surface area contributed by atoms with Crippen molar-refractivity contribution >= 4 is 11.6 Å². The van der Waals surface area contributed by atoms with Crippen LogP contribution in [0.15, 0.2) is 24.3 Å². The van der Waals surface area contributed by atoms with Gasteiger partial charge in [-0.2, -0.15) is 0 Å². The fraction of sp³-hybridized carbons (Fsp3) is 0.647. The molecule has 0 aromatic heterocycles. The molecule has 1 aromatic carbocycles. The van der Waals surface area contributed by atoms with E-state index in [2.05, 4.69) is 43.0 Å². The van der Waals surface area contributed by atoms with Crippen LogP contribution in [-0.2, 0) is 6.54 Å². The van der Waals surface area contributed by atoms with Crippen LogP contribution in [0.4, 0.5) is 0 Å². The van der Waals surface area contributed by atoms with E-state index < -0.39 is 0 Å². The van der Waals surface area contributed by atoms with Gasteiger partial charge in [0.05, 0.1) is 0 Å². The Bertz CT molecular complexity index is 365. The first kappa shape index (κ1) is 14.9. The third-order valence-electron chi connectivity index (χ3n) is 4.24. The zero-order valence-electron chi connectivity index (χ0n) is 12.2. The Morgan fingerprint density at radius 3 is 2.32 bits per heavy atom. The lowest BCUT2D eigenvalue weighted by Crippen LogP contribution is -2.34. The monoisotopic (exact) mass is 279 g/mol. The average Bonchev–Trinajstić information content (AvgIpc) is 2.92. The summed E-state index contributed by atoms with van der Waals surface area (Å²) in [6.07, 6.45) is 5.47. The quantitative estimate of drug-likeness (QED) is 0.677. The minimum Gasteiger partial charge on any atom is -0.295 e. The maximum atomic E-state index is 5.97. The summed E-state index contributed by atoms with van der Waals surface area (Å²) in [5.74, 6) is 1.35. The first-order chi connectivity index (χ1) is 9.20. The van der Waals surface area contributed by atoms with E-state index in [9.17, 15) is 0 Å². The van der Waals surface area contributed by atoms with Crippen LogP contribution in [0.1, 0.15) is 56.6 Å². The number of halogens is 1. The van der Waals surface area contributed by atoms with Crippen molar-refractivity contribution in [1.82, 2.24) is 4.90 Å². The van der Waals surface area contributed by atoms with E-state index in [1.165, 1.54) is 36.8 Å². The lowest BCUT2D eigenvalue weighted by atomic mass is 10.0. The summed E-state index contributed by atoms with van der Waals surface area (Å²) in [5.41, 5.74) is 2.84. The van der Waals surface area contributed by atoms with Gasteiger partial charge >= 0.3 is 0 Å². The molecule has 0 heterocycles. The highest BCUT2D eigenvalue weighted by atomic mass is 35.5. The van der Waals surface area contributed by atoms with Gasteiger partial charge < -0.3 is 0 Å². The Labute approximate surface area is 123 Å². The Balaban J connectivity index is 1.99. The van der Waals surface area contributed by atoms with E-state index in [4.69, 9.17) is 11.6 Å². The molecule has 0 aliphatic heterocycles. The maximum absolute atomic E-state index is 5.97. The molecule has 0 unspecified atom stereocenters. The van der Waals surface area contributed by atoms with Gasteiger partial charge in [0.1, 0.15) is 0 Å². The van der Waals surface area contributed by atoms with Crippen molar-refractivity contribution in [3.05, 3.63) is 35.4 Å². The van der Waals surface area contributed by atoms with Gasteiger partial charge in [-0.15, -0.1) is 11.6 Å². The highest BCUT2D eigenvalue weighted by Gasteiger charge is 2.22. The van der Waals surface area contributed by atoms with Gasteiger partial charge in [-0.1, -0.05) is 51.0 Å². The molecule has 1 aromatic rings. The van der Waals surface area contributed by atoms with Crippen molar-refractivity contribution in [3.8, 4) is 0 Å². The van der Waals surface area contributed by atoms with Crippen LogP contribution in [-0.4, -0.2) is 23.4 Å². The molecule has 0 bridgehead atoms. The van der Waals surface area contributed by atoms with Crippen LogP contribution in [0, 0.1) is 0 Å². The molecule has 1 aliphatic rings. The van der Waals surface area contributed by atoms with Crippen LogP contribution < -0.4 is 0 Å². The fourth-order valence-electron chi connectivity index (χ4n) is 3.01. The van der Waals surface area contributed by atoms with Gasteiger partial charge in [0.25, 0.3) is 0 Å². The second kappa shape index (κ2) is 7.31. The Kier molecular flexibility index (Phi) is 5.72. The summed E-state index contributed by atoms with van der Waals surface area (Å²) < 4.78 is 0. The van der Waals surface area contributed by atoms with Crippen molar-refractivity contribution in [2.45, 2.75) is 58.0 Å². The lowest BCUT2D eigenvalue weighted by Gasteiger charge is -2.28. The van der Waals surface area contributed by atoms with Gasteiger partial charge in [0.2, 0.25) is 0 Å². The molecule has 2 heteroatoms. The standard InChI is InChI=1S/C17H26ClN/c1-14(2)16-9-7-15(8-10-16)13-19(12-11-18)17-5-3-4-6-17/h7-10,14,17H,3-6,11-13H2,1-2H3. The fourth-order valence-corrected chi connectivity index (χ4v) is 3.23. The van der Waals surface area contributed by atoms with Crippen molar-refractivity contribution in [2.75, 3.05) is 12.4 Å². The zero-order chi connectivity index (χ0) is 13.7. The molecule has 0 spiro atoms. The number of benzene rings is 1. The first-order valence-corrected chi connectivity index (χ1v) is 8.13. The van der Waals surface area contributed by atoms with Gasteiger partial charge in [0.15, 0.2) is 0 Å². The van der Waals surface area contributed by atoms with Crippen LogP contribution >= 0.6 is 11.6 Å². The van der Waals surface area contributed by atoms with E-state index in [0.717, 1.165) is 25.0 Å². The summed E-state index contributed by atoms with van der Waals surface area (Å²) in [6, 6.07) is 9.86. The second-order valence-corrected chi connectivity index (χ2v) is 6.37. The van der Waals surface area contributed by atoms with Crippen LogP contribution in [0.25, 0.3) is 0 Å². The first-order valence-electron chi connectivity index (χ1n) is 7.59. The summed E-state index contributed by atoms with van der Waals surface area (Å²) in [4.78, 5) is 2.57. The minimum atomic E-state index is 0.614. The molecule has 2 rings (SSSR count). The van der Waals surface area contributed by atoms with E-state index in [-0.39, 0.29) is 0 Å². The van der Waals surface area contributed by atoms with Crippen LogP contribution in [0.2, 0.25) is 0 Å². The number of alkyl halides is 1. The van der Waals surface area contributed by atoms with Crippen molar-refractivity contribution in [1.29, 1.82) is 0 Å². The largest absolute Gasteiger partial charge is 0.295 e. The second-order valence-electron chi connectivity index (χ2n) is 5.99. The molecule has 0 amide bonds. The molecule has 1 nitrogen and oxygen atoms in total. The predicted molar refractivity (Wildman–Crippen MR) is 83.9 cm³/mol. The Morgan fingerprint density at radius 1 is 1.16 bits per heavy atom. The molecule has 0 N–H and O–H groups in total. The third kappa shape index (κ3) is 4.22. The minimum absolute atomic E-state index is 0.614. The highest BCUT2D eigenvalue weighted by Crippen LogP contribution is 2.25. The molecule has 19 heavy (non-hydrogen) atoms. The van der Waals surface area contributed by atoms with E-state index >= 15 is 0 Å². The van der Waals surface area contributed by atoms with Crippen LogP contribution in [0.3, 0.4) is 0 Å². The van der Waals surface area contributed by atoms with E-state index in [1.54, 1.807) is 0 Å². The smallest absolute Gasteiger partial charge is 0.0351 e. The topological polar surface area (TPSA) is 3.24 Å². The predicted octanol–water partition coefficient (Wildman–Crippen LogP) is 4.79. The van der Waals surface area contributed by atoms with Gasteiger partial charge in [-0.3, -0.25) is 4.90 Å². The number of rotatable bonds is 6. The van der Waals surface area contributed by atoms with Crippen LogP contribution in [0.5, 0.6) is 0 Å². The molecule has 1 aliphatic carbocycles. The lowest BCUT2D eigenvalue weighted by molar-refractivity contribution is 0.201. The highest BCUT2D eigenvalue weighted by molar-refractivity contribution is 6.18. The third-order valence-corrected chi connectivity index (χ3v) is 4.41. The molecular weight excluding hydrogens is 254 g/mol. The molecule has 106 valence electrons. The van der Waals surface area contributed by atoms with Gasteiger partial charge in [-0.05, 0) is 29.9 Å². The summed E-state index contributed by atoms with van der Waals surface area (Å²) in [5, 5.41) is 0. The van der Waals surface area contributed by atoms with Gasteiger partial charge in [-0.25, -0.2) is 0 Å². The van der Waals surface area contributed by atoms with Crippen molar-refractivity contribution in [2.24, 2.45) is 0 Å². The SMILES string of the molecule is CC(C)c1ccc(CN(CCCl)C2CCCC2)cc1.